The summed E-state index contributed by atoms with van der Waals surface area (Å²) in [7, 11) is 0. The van der Waals surface area contributed by atoms with Crippen LogP contribution in [0.1, 0.15) is 25.8 Å². The van der Waals surface area contributed by atoms with Crippen LogP contribution in [0.2, 0.25) is 9.49 Å². The van der Waals surface area contributed by atoms with E-state index in [2.05, 4.69) is 25.8 Å². The minimum Gasteiger partial charge on any atom is -0.227 e. The third kappa shape index (κ3) is 2.08. The van der Waals surface area contributed by atoms with E-state index >= 15 is 0 Å². The molecule has 62 valence electrons. The average Bonchev–Trinajstić information content (AvgIpc) is 2.11. The highest BCUT2D eigenvalue weighted by molar-refractivity contribution is 7.16. The van der Waals surface area contributed by atoms with Gasteiger partial charge in [0.05, 0.1) is 0 Å². The zero-order valence-electron chi connectivity index (χ0n) is 6.61. The summed E-state index contributed by atoms with van der Waals surface area (Å²) in [5, 5.41) is 1.40. The van der Waals surface area contributed by atoms with Gasteiger partial charge in [0.15, 0.2) is 5.15 Å². The predicted molar refractivity (Wildman–Crippen MR) is 50.8 cm³/mol. The van der Waals surface area contributed by atoms with Gasteiger partial charge in [0.1, 0.15) is 9.34 Å². The molecule has 0 aliphatic heterocycles. The van der Waals surface area contributed by atoms with Crippen LogP contribution in [0.3, 0.4) is 0 Å². The van der Waals surface area contributed by atoms with Gasteiger partial charge in [-0.05, 0) is 0 Å². The minimum atomic E-state index is 0.0431. The summed E-state index contributed by atoms with van der Waals surface area (Å²) in [6.07, 6.45) is 0. The maximum absolute atomic E-state index is 5.76. The van der Waals surface area contributed by atoms with E-state index in [-0.39, 0.29) is 5.41 Å². The van der Waals surface area contributed by atoms with Crippen molar-refractivity contribution in [3.05, 3.63) is 14.5 Å². The molecule has 0 atom stereocenters. The van der Waals surface area contributed by atoms with E-state index in [1.165, 1.54) is 11.3 Å². The number of rotatable bonds is 0. The Morgan fingerprint density at radius 1 is 1.27 bits per heavy atom. The molecule has 0 bridgehead atoms. The van der Waals surface area contributed by atoms with Crippen molar-refractivity contribution in [2.24, 2.45) is 0 Å². The van der Waals surface area contributed by atoms with E-state index in [0.29, 0.717) is 9.49 Å². The van der Waals surface area contributed by atoms with Crippen LogP contribution < -0.4 is 0 Å². The van der Waals surface area contributed by atoms with Gasteiger partial charge in [0.25, 0.3) is 0 Å². The van der Waals surface area contributed by atoms with E-state index in [9.17, 15) is 0 Å². The molecule has 0 aromatic carbocycles. The van der Waals surface area contributed by atoms with Crippen LogP contribution in [0.15, 0.2) is 0 Å². The lowest BCUT2D eigenvalue weighted by atomic mass is 9.98. The van der Waals surface area contributed by atoms with E-state index in [1.54, 1.807) is 0 Å². The summed E-state index contributed by atoms with van der Waals surface area (Å²) in [4.78, 5) is 4.13. The summed E-state index contributed by atoms with van der Waals surface area (Å²) < 4.78 is 0.580. The Balaban J connectivity index is 3.08. The normalized spacial score (nSPS) is 12.1. The van der Waals surface area contributed by atoms with Crippen LogP contribution >= 0.6 is 34.5 Å². The maximum Gasteiger partial charge on any atom is 0.159 e. The molecular weight excluding hydrogens is 201 g/mol. The van der Waals surface area contributed by atoms with Crippen molar-refractivity contribution in [2.75, 3.05) is 0 Å². The molecule has 0 spiro atoms. The fourth-order valence-corrected chi connectivity index (χ4v) is 1.86. The minimum absolute atomic E-state index is 0.0431. The Morgan fingerprint density at radius 2 is 1.82 bits per heavy atom. The van der Waals surface area contributed by atoms with Crippen molar-refractivity contribution in [3.8, 4) is 0 Å². The zero-order valence-corrected chi connectivity index (χ0v) is 8.94. The average molecular weight is 210 g/mol. The van der Waals surface area contributed by atoms with Gasteiger partial charge in [-0.25, -0.2) is 4.98 Å². The second-order valence-corrected chi connectivity index (χ2v) is 5.29. The largest absolute Gasteiger partial charge is 0.227 e. The lowest BCUT2D eigenvalue weighted by Crippen LogP contribution is -2.09. The van der Waals surface area contributed by atoms with Crippen molar-refractivity contribution in [3.63, 3.8) is 0 Å². The van der Waals surface area contributed by atoms with Crippen LogP contribution in [0.4, 0.5) is 0 Å². The first-order valence-electron chi connectivity index (χ1n) is 3.23. The topological polar surface area (TPSA) is 12.9 Å². The molecule has 1 rings (SSSR count). The molecular formula is C7H9Cl2NS. The fraction of sp³-hybridized carbons (Fsp3) is 0.571. The summed E-state index contributed by atoms with van der Waals surface area (Å²) in [6, 6.07) is 0. The smallest absolute Gasteiger partial charge is 0.159 e. The van der Waals surface area contributed by atoms with Crippen LogP contribution in [-0.4, -0.2) is 4.98 Å². The van der Waals surface area contributed by atoms with E-state index in [4.69, 9.17) is 23.2 Å². The summed E-state index contributed by atoms with van der Waals surface area (Å²) in [6.45, 7) is 6.25. The molecule has 0 unspecified atom stereocenters. The molecule has 0 saturated carbocycles. The first-order valence-corrected chi connectivity index (χ1v) is 4.81. The Labute approximate surface area is 80.4 Å². The molecule has 0 aliphatic carbocycles. The van der Waals surface area contributed by atoms with Crippen LogP contribution in [-0.2, 0) is 5.41 Å². The SMILES string of the molecule is CC(C)(C)c1nc(Cl)c(Cl)s1. The lowest BCUT2D eigenvalue weighted by Gasteiger charge is -2.12. The zero-order chi connectivity index (χ0) is 8.65. The standard InChI is InChI=1S/C7H9Cl2NS/c1-7(2,3)6-10-4(8)5(9)11-6/h1-3H3. The third-order valence-corrected chi connectivity index (χ3v) is 3.35. The van der Waals surface area contributed by atoms with E-state index in [1.807, 2.05) is 0 Å². The van der Waals surface area contributed by atoms with Gasteiger partial charge in [0.2, 0.25) is 0 Å². The molecule has 1 nitrogen and oxygen atoms in total. The summed E-state index contributed by atoms with van der Waals surface area (Å²) in [5.74, 6) is 0. The van der Waals surface area contributed by atoms with Crippen LogP contribution in [0.5, 0.6) is 0 Å². The van der Waals surface area contributed by atoms with Gasteiger partial charge in [-0.1, -0.05) is 44.0 Å². The number of aromatic nitrogens is 1. The molecule has 0 radical (unpaired) electrons. The highest BCUT2D eigenvalue weighted by atomic mass is 35.5. The number of hydrogen-bond acceptors (Lipinski definition) is 2. The van der Waals surface area contributed by atoms with E-state index in [0.717, 1.165) is 5.01 Å². The molecule has 0 amide bonds. The Hall–Kier alpha value is 0.210. The number of nitrogens with zero attached hydrogens (tertiary/aromatic N) is 1. The fourth-order valence-electron chi connectivity index (χ4n) is 0.604. The molecule has 0 N–H and O–H groups in total. The monoisotopic (exact) mass is 209 g/mol. The summed E-state index contributed by atoms with van der Waals surface area (Å²) >= 11 is 12.9. The second-order valence-electron chi connectivity index (χ2n) is 3.33. The number of halogens is 2. The molecule has 11 heavy (non-hydrogen) atoms. The Bertz CT molecular complexity index is 242. The first-order chi connectivity index (χ1) is 4.91. The highest BCUT2D eigenvalue weighted by Crippen LogP contribution is 2.34. The van der Waals surface area contributed by atoms with Crippen molar-refractivity contribution in [2.45, 2.75) is 26.2 Å². The van der Waals surface area contributed by atoms with Crippen molar-refractivity contribution in [1.29, 1.82) is 0 Å². The molecule has 4 heteroatoms. The Morgan fingerprint density at radius 3 is 2.00 bits per heavy atom. The second kappa shape index (κ2) is 2.92. The highest BCUT2D eigenvalue weighted by Gasteiger charge is 2.19. The van der Waals surface area contributed by atoms with Gasteiger partial charge >= 0.3 is 0 Å². The van der Waals surface area contributed by atoms with Crippen molar-refractivity contribution < 1.29 is 0 Å². The van der Waals surface area contributed by atoms with Gasteiger partial charge in [-0.3, -0.25) is 0 Å². The molecule has 0 aliphatic rings. The molecule has 0 fully saturated rings. The number of hydrogen-bond donors (Lipinski definition) is 0. The lowest BCUT2D eigenvalue weighted by molar-refractivity contribution is 0.585. The Kier molecular flexibility index (Phi) is 2.47. The quantitative estimate of drug-likeness (QED) is 0.635. The van der Waals surface area contributed by atoms with Gasteiger partial charge in [-0.2, -0.15) is 0 Å². The van der Waals surface area contributed by atoms with Crippen molar-refractivity contribution >= 4 is 34.5 Å². The molecule has 0 saturated heterocycles. The summed E-state index contributed by atoms with van der Waals surface area (Å²) in [5.41, 5.74) is 0.0431. The maximum atomic E-state index is 5.76. The number of thiazole rings is 1. The third-order valence-electron chi connectivity index (χ3n) is 1.19. The molecule has 1 aromatic heterocycles. The van der Waals surface area contributed by atoms with Crippen LogP contribution in [0.25, 0.3) is 0 Å². The van der Waals surface area contributed by atoms with Crippen LogP contribution in [0, 0.1) is 0 Å². The van der Waals surface area contributed by atoms with E-state index < -0.39 is 0 Å². The van der Waals surface area contributed by atoms with Crippen molar-refractivity contribution in [1.82, 2.24) is 4.98 Å². The molecule has 1 aromatic rings. The predicted octanol–water partition coefficient (Wildman–Crippen LogP) is 3.75. The van der Waals surface area contributed by atoms with Gasteiger partial charge in [0, 0.05) is 5.41 Å². The van der Waals surface area contributed by atoms with Gasteiger partial charge < -0.3 is 0 Å². The molecule has 1 heterocycles. The van der Waals surface area contributed by atoms with Gasteiger partial charge in [-0.15, -0.1) is 11.3 Å². The first kappa shape index (κ1) is 9.30.